The van der Waals surface area contributed by atoms with Crippen LogP contribution in [0.25, 0.3) is 33.4 Å². The first-order valence-electron chi connectivity index (χ1n) is 10.2. The quantitative estimate of drug-likeness (QED) is 0.394. The zero-order valence-corrected chi connectivity index (χ0v) is 18.8. The number of nitrogens with two attached hydrogens (primary N) is 1. The fourth-order valence-corrected chi connectivity index (χ4v) is 4.18. The normalized spacial score (nSPS) is 11.6. The summed E-state index contributed by atoms with van der Waals surface area (Å²) in [5.74, 6) is 0.227. The van der Waals surface area contributed by atoms with Gasteiger partial charge in [-0.2, -0.15) is 5.10 Å². The van der Waals surface area contributed by atoms with Gasteiger partial charge in [-0.25, -0.2) is 27.9 Å². The number of benzene rings is 2. The van der Waals surface area contributed by atoms with Gasteiger partial charge in [0, 0.05) is 41.6 Å². The molecule has 8 nitrogen and oxygen atoms in total. The Morgan fingerprint density at radius 2 is 1.71 bits per heavy atom. The van der Waals surface area contributed by atoms with Gasteiger partial charge in [0.25, 0.3) is 0 Å². The number of hydrogen-bond acceptors (Lipinski definition) is 6. The zero-order valence-electron chi connectivity index (χ0n) is 18.0. The third-order valence-electron chi connectivity index (χ3n) is 5.25. The number of halogens is 1. The fraction of sp³-hybridized carbons (Fsp3) is 0.0417. The standard InChI is InChI=1S/C24H19FN6O2S/c1-31-14-17-12-21(23(29-24(17)30-31)15-2-4-18(25)5-3-15)16-10-11-27-22(13-16)28-19-6-8-20(9-7-19)34(26,32)33/h2-14H,1H3,(H,27,28)(H2,26,32,33). The van der Waals surface area contributed by atoms with Gasteiger partial charge in [0.05, 0.1) is 10.6 Å². The predicted octanol–water partition coefficient (Wildman–Crippen LogP) is 4.23. The van der Waals surface area contributed by atoms with Crippen molar-refractivity contribution < 1.29 is 12.8 Å². The molecule has 5 rings (SSSR count). The molecule has 3 N–H and O–H groups in total. The Bertz CT molecular complexity index is 1610. The maximum atomic E-state index is 13.5. The molecule has 3 heterocycles. The summed E-state index contributed by atoms with van der Waals surface area (Å²) in [6.07, 6.45) is 3.55. The molecule has 0 fully saturated rings. The number of aryl methyl sites for hydroxylation is 1. The summed E-state index contributed by atoms with van der Waals surface area (Å²) in [4.78, 5) is 9.15. The monoisotopic (exact) mass is 474 g/mol. The molecule has 0 saturated heterocycles. The first kappa shape index (κ1) is 21.7. The number of pyridine rings is 2. The Kier molecular flexibility index (Phi) is 5.31. The predicted molar refractivity (Wildman–Crippen MR) is 128 cm³/mol. The number of fused-ring (bicyclic) bond motifs is 1. The highest BCUT2D eigenvalue weighted by Crippen LogP contribution is 2.34. The van der Waals surface area contributed by atoms with Gasteiger partial charge in [-0.1, -0.05) is 0 Å². The highest BCUT2D eigenvalue weighted by atomic mass is 32.2. The van der Waals surface area contributed by atoms with Crippen molar-refractivity contribution in [3.8, 4) is 22.4 Å². The summed E-state index contributed by atoms with van der Waals surface area (Å²) in [5, 5.41) is 13.6. The van der Waals surface area contributed by atoms with Crippen molar-refractivity contribution in [2.45, 2.75) is 4.90 Å². The molecule has 3 aromatic heterocycles. The molecule has 2 aromatic carbocycles. The number of hydrogen-bond donors (Lipinski definition) is 2. The van der Waals surface area contributed by atoms with Gasteiger partial charge >= 0.3 is 0 Å². The molecule has 0 unspecified atom stereocenters. The second-order valence-electron chi connectivity index (χ2n) is 7.73. The van der Waals surface area contributed by atoms with Crippen LogP contribution in [-0.2, 0) is 17.1 Å². The van der Waals surface area contributed by atoms with Crippen LogP contribution in [0.1, 0.15) is 0 Å². The van der Waals surface area contributed by atoms with Crippen LogP contribution in [0.2, 0.25) is 0 Å². The van der Waals surface area contributed by atoms with E-state index in [1.54, 1.807) is 35.1 Å². The van der Waals surface area contributed by atoms with Gasteiger partial charge in [-0.15, -0.1) is 0 Å². The summed E-state index contributed by atoms with van der Waals surface area (Å²) in [6.45, 7) is 0. The van der Waals surface area contributed by atoms with E-state index < -0.39 is 10.0 Å². The van der Waals surface area contributed by atoms with Crippen LogP contribution >= 0.6 is 0 Å². The molecule has 0 saturated carbocycles. The minimum absolute atomic E-state index is 0.0274. The van der Waals surface area contributed by atoms with Gasteiger partial charge in [0.15, 0.2) is 5.65 Å². The summed E-state index contributed by atoms with van der Waals surface area (Å²) < 4.78 is 38.2. The zero-order chi connectivity index (χ0) is 23.9. The molecule has 0 aliphatic rings. The summed E-state index contributed by atoms with van der Waals surface area (Å²) in [5.41, 5.74) is 4.35. The first-order valence-corrected chi connectivity index (χ1v) is 11.8. The number of nitrogens with zero attached hydrogens (tertiary/aromatic N) is 4. The Morgan fingerprint density at radius 1 is 0.971 bits per heavy atom. The maximum Gasteiger partial charge on any atom is 0.238 e. The Labute approximate surface area is 195 Å². The molecule has 10 heteroatoms. The average Bonchev–Trinajstić information content (AvgIpc) is 3.18. The van der Waals surface area contributed by atoms with Crippen molar-refractivity contribution in [2.24, 2.45) is 12.2 Å². The number of rotatable bonds is 5. The lowest BCUT2D eigenvalue weighted by Gasteiger charge is -2.12. The number of aromatic nitrogens is 4. The van der Waals surface area contributed by atoms with E-state index in [9.17, 15) is 12.8 Å². The molecule has 0 aliphatic heterocycles. The lowest BCUT2D eigenvalue weighted by atomic mass is 9.99. The van der Waals surface area contributed by atoms with Crippen LogP contribution in [0, 0.1) is 5.82 Å². The van der Waals surface area contributed by atoms with Gasteiger partial charge in [-0.3, -0.25) is 4.68 Å². The number of sulfonamides is 1. The molecule has 0 radical (unpaired) electrons. The van der Waals surface area contributed by atoms with Crippen LogP contribution in [-0.4, -0.2) is 28.2 Å². The van der Waals surface area contributed by atoms with Crippen LogP contribution in [0.5, 0.6) is 0 Å². The molecule has 0 spiro atoms. The van der Waals surface area contributed by atoms with Crippen LogP contribution in [0.3, 0.4) is 0 Å². The molecular formula is C24H19FN6O2S. The minimum Gasteiger partial charge on any atom is -0.340 e. The molecule has 0 bridgehead atoms. The van der Waals surface area contributed by atoms with E-state index in [4.69, 9.17) is 10.1 Å². The Morgan fingerprint density at radius 3 is 2.41 bits per heavy atom. The lowest BCUT2D eigenvalue weighted by molar-refractivity contribution is 0.598. The van der Waals surface area contributed by atoms with E-state index in [0.717, 1.165) is 22.1 Å². The number of nitrogens with one attached hydrogen (secondary N) is 1. The average molecular weight is 475 g/mol. The van der Waals surface area contributed by atoms with E-state index in [2.05, 4.69) is 15.4 Å². The van der Waals surface area contributed by atoms with E-state index in [0.29, 0.717) is 22.8 Å². The first-order chi connectivity index (χ1) is 16.3. The van der Waals surface area contributed by atoms with E-state index in [1.807, 2.05) is 31.4 Å². The second kappa shape index (κ2) is 8.32. The molecule has 0 atom stereocenters. The van der Waals surface area contributed by atoms with Crippen molar-refractivity contribution in [3.63, 3.8) is 0 Å². The summed E-state index contributed by atoms with van der Waals surface area (Å²) >= 11 is 0. The smallest absolute Gasteiger partial charge is 0.238 e. The topological polar surface area (TPSA) is 116 Å². The SMILES string of the molecule is Cn1cc2cc(-c3ccnc(Nc4ccc(S(N)(=O)=O)cc4)c3)c(-c3ccc(F)cc3)nc2n1. The minimum atomic E-state index is -3.77. The maximum absolute atomic E-state index is 13.5. The fourth-order valence-electron chi connectivity index (χ4n) is 3.66. The molecular weight excluding hydrogens is 455 g/mol. The van der Waals surface area contributed by atoms with Gasteiger partial charge in [0.1, 0.15) is 11.6 Å². The van der Waals surface area contributed by atoms with Crippen LogP contribution in [0.4, 0.5) is 15.9 Å². The third-order valence-corrected chi connectivity index (χ3v) is 6.18. The molecule has 5 aromatic rings. The highest BCUT2D eigenvalue weighted by molar-refractivity contribution is 7.89. The van der Waals surface area contributed by atoms with Crippen LogP contribution in [0.15, 0.2) is 84.0 Å². The molecule has 0 amide bonds. The van der Waals surface area contributed by atoms with E-state index >= 15 is 0 Å². The highest BCUT2D eigenvalue weighted by Gasteiger charge is 2.14. The van der Waals surface area contributed by atoms with Gasteiger partial charge in [0.2, 0.25) is 10.0 Å². The Balaban J connectivity index is 1.56. The van der Waals surface area contributed by atoms with Gasteiger partial charge in [-0.05, 0) is 72.3 Å². The number of primary sulfonamides is 1. The largest absolute Gasteiger partial charge is 0.340 e. The third kappa shape index (κ3) is 4.36. The molecule has 0 aliphatic carbocycles. The molecule has 170 valence electrons. The van der Waals surface area contributed by atoms with Crippen LogP contribution < -0.4 is 10.5 Å². The summed E-state index contributed by atoms with van der Waals surface area (Å²) in [6, 6.07) is 18.0. The van der Waals surface area contributed by atoms with Crippen molar-refractivity contribution in [2.75, 3.05) is 5.32 Å². The lowest BCUT2D eigenvalue weighted by Crippen LogP contribution is -2.11. The van der Waals surface area contributed by atoms with Crippen molar-refractivity contribution in [1.82, 2.24) is 19.7 Å². The summed E-state index contributed by atoms with van der Waals surface area (Å²) in [7, 11) is -1.94. The van der Waals surface area contributed by atoms with Crippen molar-refractivity contribution in [1.29, 1.82) is 0 Å². The number of anilines is 2. The van der Waals surface area contributed by atoms with Gasteiger partial charge < -0.3 is 5.32 Å². The Hall–Kier alpha value is -4.15. The molecule has 34 heavy (non-hydrogen) atoms. The van der Waals surface area contributed by atoms with Crippen molar-refractivity contribution >= 4 is 32.6 Å². The van der Waals surface area contributed by atoms with E-state index in [-0.39, 0.29) is 10.7 Å². The van der Waals surface area contributed by atoms with Crippen molar-refractivity contribution in [3.05, 3.63) is 84.9 Å². The van der Waals surface area contributed by atoms with E-state index in [1.165, 1.54) is 24.3 Å². The second-order valence-corrected chi connectivity index (χ2v) is 9.29.